The van der Waals surface area contributed by atoms with Crippen molar-refractivity contribution in [2.45, 2.75) is 20.0 Å². The SMILES string of the molecule is CCc1cc(COc2csc(C(=O)O)c2)n(C)n1. The first-order chi connectivity index (χ1) is 8.60. The molecule has 2 rings (SSSR count). The van der Waals surface area contributed by atoms with E-state index in [2.05, 4.69) is 5.10 Å². The van der Waals surface area contributed by atoms with E-state index in [-0.39, 0.29) is 4.88 Å². The predicted octanol–water partition coefficient (Wildman–Crippen LogP) is 2.32. The number of carboxylic acids is 1. The van der Waals surface area contributed by atoms with E-state index >= 15 is 0 Å². The molecule has 2 aromatic rings. The van der Waals surface area contributed by atoms with Crippen LogP contribution in [0.15, 0.2) is 17.5 Å². The van der Waals surface area contributed by atoms with Crippen molar-refractivity contribution in [3.05, 3.63) is 33.8 Å². The van der Waals surface area contributed by atoms with E-state index in [4.69, 9.17) is 9.84 Å². The van der Waals surface area contributed by atoms with Crippen LogP contribution in [0.25, 0.3) is 0 Å². The molecule has 0 amide bonds. The maximum Gasteiger partial charge on any atom is 0.346 e. The van der Waals surface area contributed by atoms with Crippen LogP contribution in [-0.4, -0.2) is 20.9 Å². The van der Waals surface area contributed by atoms with E-state index in [0.29, 0.717) is 12.4 Å². The Bertz CT molecular complexity index is 559. The molecule has 6 heteroatoms. The molecule has 0 aliphatic carbocycles. The van der Waals surface area contributed by atoms with Crippen LogP contribution in [0.4, 0.5) is 0 Å². The number of thiophene rings is 1. The summed E-state index contributed by atoms with van der Waals surface area (Å²) in [6, 6.07) is 3.52. The van der Waals surface area contributed by atoms with Crippen LogP contribution in [-0.2, 0) is 20.1 Å². The Hall–Kier alpha value is -1.82. The third kappa shape index (κ3) is 2.70. The molecule has 5 nitrogen and oxygen atoms in total. The second-order valence-corrected chi connectivity index (χ2v) is 4.76. The monoisotopic (exact) mass is 266 g/mol. The average Bonchev–Trinajstić information content (AvgIpc) is 2.93. The fourth-order valence-electron chi connectivity index (χ4n) is 1.54. The third-order valence-electron chi connectivity index (χ3n) is 2.56. The summed E-state index contributed by atoms with van der Waals surface area (Å²) < 4.78 is 7.33. The standard InChI is InChI=1S/C12H14N2O3S/c1-3-8-4-9(14(2)13-8)6-17-10-5-11(12(15)16)18-7-10/h4-5,7H,3,6H2,1-2H3,(H,15,16). The van der Waals surface area contributed by atoms with Crippen molar-refractivity contribution < 1.29 is 14.6 Å². The number of hydrogen-bond acceptors (Lipinski definition) is 4. The number of nitrogens with zero attached hydrogens (tertiary/aromatic N) is 2. The third-order valence-corrected chi connectivity index (χ3v) is 3.46. The summed E-state index contributed by atoms with van der Waals surface area (Å²) in [6.07, 6.45) is 0.884. The lowest BCUT2D eigenvalue weighted by Crippen LogP contribution is -2.02. The van der Waals surface area contributed by atoms with Gasteiger partial charge in [-0.3, -0.25) is 4.68 Å². The Kier molecular flexibility index (Phi) is 3.66. The summed E-state index contributed by atoms with van der Waals surface area (Å²) in [6.45, 7) is 2.43. The fourth-order valence-corrected chi connectivity index (χ4v) is 2.21. The average molecular weight is 266 g/mol. The Balaban J connectivity index is 2.01. The minimum Gasteiger partial charge on any atom is -0.486 e. The Morgan fingerprint density at radius 2 is 2.33 bits per heavy atom. The molecule has 0 radical (unpaired) electrons. The van der Waals surface area contributed by atoms with Crippen LogP contribution in [0.2, 0.25) is 0 Å². The topological polar surface area (TPSA) is 64.3 Å². The number of hydrogen-bond donors (Lipinski definition) is 1. The highest BCUT2D eigenvalue weighted by Crippen LogP contribution is 2.22. The van der Waals surface area contributed by atoms with E-state index < -0.39 is 5.97 Å². The number of aryl methyl sites for hydroxylation is 2. The van der Waals surface area contributed by atoms with Gasteiger partial charge in [0.2, 0.25) is 0 Å². The molecular weight excluding hydrogens is 252 g/mol. The largest absolute Gasteiger partial charge is 0.486 e. The molecule has 0 saturated heterocycles. The van der Waals surface area contributed by atoms with Gasteiger partial charge in [0, 0.05) is 18.5 Å². The van der Waals surface area contributed by atoms with Crippen LogP contribution in [0, 0.1) is 0 Å². The maximum atomic E-state index is 10.7. The van der Waals surface area contributed by atoms with Crippen LogP contribution in [0.5, 0.6) is 5.75 Å². The smallest absolute Gasteiger partial charge is 0.346 e. The molecule has 18 heavy (non-hydrogen) atoms. The summed E-state index contributed by atoms with van der Waals surface area (Å²) in [5.41, 5.74) is 1.99. The molecule has 0 aromatic carbocycles. The first kappa shape index (κ1) is 12.6. The van der Waals surface area contributed by atoms with Gasteiger partial charge in [-0.15, -0.1) is 11.3 Å². The van der Waals surface area contributed by atoms with Crippen molar-refractivity contribution >= 4 is 17.3 Å². The van der Waals surface area contributed by atoms with Crippen LogP contribution < -0.4 is 4.74 Å². The van der Waals surface area contributed by atoms with Crippen molar-refractivity contribution in [2.75, 3.05) is 0 Å². The van der Waals surface area contributed by atoms with Crippen LogP contribution >= 0.6 is 11.3 Å². The van der Waals surface area contributed by atoms with Gasteiger partial charge >= 0.3 is 5.97 Å². The zero-order chi connectivity index (χ0) is 13.1. The number of carbonyl (C=O) groups is 1. The van der Waals surface area contributed by atoms with Gasteiger partial charge in [0.05, 0.1) is 11.4 Å². The fraction of sp³-hybridized carbons (Fsp3) is 0.333. The summed E-state index contributed by atoms with van der Waals surface area (Å²) >= 11 is 1.16. The molecule has 1 N–H and O–H groups in total. The van der Waals surface area contributed by atoms with E-state index in [1.807, 2.05) is 20.0 Å². The number of rotatable bonds is 5. The molecule has 0 bridgehead atoms. The lowest BCUT2D eigenvalue weighted by atomic mass is 10.3. The number of aromatic carboxylic acids is 1. The minimum atomic E-state index is -0.927. The molecule has 0 fully saturated rings. The second-order valence-electron chi connectivity index (χ2n) is 3.84. The molecule has 0 saturated carbocycles. The van der Waals surface area contributed by atoms with Crippen molar-refractivity contribution in [1.29, 1.82) is 0 Å². The summed E-state index contributed by atoms with van der Waals surface area (Å²) in [5.74, 6) is -0.347. The lowest BCUT2D eigenvalue weighted by molar-refractivity contribution is 0.0702. The first-order valence-electron chi connectivity index (χ1n) is 5.56. The van der Waals surface area contributed by atoms with E-state index in [1.54, 1.807) is 10.1 Å². The zero-order valence-corrected chi connectivity index (χ0v) is 11.0. The van der Waals surface area contributed by atoms with E-state index in [1.165, 1.54) is 6.07 Å². The molecule has 0 aliphatic heterocycles. The molecule has 2 heterocycles. The Morgan fingerprint density at radius 3 is 2.89 bits per heavy atom. The predicted molar refractivity (Wildman–Crippen MR) is 68.2 cm³/mol. The van der Waals surface area contributed by atoms with Crippen molar-refractivity contribution in [1.82, 2.24) is 9.78 Å². The van der Waals surface area contributed by atoms with Crippen molar-refractivity contribution in [2.24, 2.45) is 7.05 Å². The molecule has 2 aromatic heterocycles. The maximum absolute atomic E-state index is 10.7. The van der Waals surface area contributed by atoms with Gasteiger partial charge in [0.1, 0.15) is 17.2 Å². The summed E-state index contributed by atoms with van der Waals surface area (Å²) in [4.78, 5) is 11.0. The highest BCUT2D eigenvalue weighted by molar-refractivity contribution is 7.12. The lowest BCUT2D eigenvalue weighted by Gasteiger charge is -2.03. The highest BCUT2D eigenvalue weighted by atomic mass is 32.1. The summed E-state index contributed by atoms with van der Waals surface area (Å²) in [5, 5.41) is 14.8. The van der Waals surface area contributed by atoms with E-state index in [0.717, 1.165) is 29.1 Å². The molecule has 96 valence electrons. The minimum absolute atomic E-state index is 0.282. The van der Waals surface area contributed by atoms with Gasteiger partial charge in [-0.2, -0.15) is 5.10 Å². The van der Waals surface area contributed by atoms with Gasteiger partial charge in [0.15, 0.2) is 0 Å². The quantitative estimate of drug-likeness (QED) is 0.902. The van der Waals surface area contributed by atoms with Gasteiger partial charge in [0.25, 0.3) is 0 Å². The molecule has 0 atom stereocenters. The number of ether oxygens (including phenoxy) is 1. The van der Waals surface area contributed by atoms with Crippen molar-refractivity contribution in [3.8, 4) is 5.75 Å². The zero-order valence-electron chi connectivity index (χ0n) is 10.2. The van der Waals surface area contributed by atoms with Gasteiger partial charge < -0.3 is 9.84 Å². The molecule has 0 aliphatic rings. The Morgan fingerprint density at radius 1 is 1.56 bits per heavy atom. The summed E-state index contributed by atoms with van der Waals surface area (Å²) in [7, 11) is 1.87. The second kappa shape index (κ2) is 5.22. The number of carboxylic acid groups (broad SMARTS) is 1. The van der Waals surface area contributed by atoms with E-state index in [9.17, 15) is 4.79 Å². The molecular formula is C12H14N2O3S. The van der Waals surface area contributed by atoms with Gasteiger partial charge in [-0.25, -0.2) is 4.79 Å². The number of aromatic nitrogens is 2. The van der Waals surface area contributed by atoms with Gasteiger partial charge in [-0.1, -0.05) is 6.92 Å². The van der Waals surface area contributed by atoms with Crippen LogP contribution in [0.3, 0.4) is 0 Å². The molecule has 0 spiro atoms. The first-order valence-corrected chi connectivity index (χ1v) is 6.44. The van der Waals surface area contributed by atoms with Crippen LogP contribution in [0.1, 0.15) is 28.0 Å². The van der Waals surface area contributed by atoms with Crippen molar-refractivity contribution in [3.63, 3.8) is 0 Å². The van der Waals surface area contributed by atoms with Gasteiger partial charge in [-0.05, 0) is 12.5 Å². The molecule has 0 unspecified atom stereocenters. The highest BCUT2D eigenvalue weighted by Gasteiger charge is 2.09. The Labute approximate surface area is 109 Å². The normalized spacial score (nSPS) is 10.6.